The number of pyridine rings is 1. The van der Waals surface area contributed by atoms with Gasteiger partial charge in [0.15, 0.2) is 17.2 Å². The minimum Gasteiger partial charge on any atom is -0.463 e. The molecule has 170 valence electrons. The molecule has 1 unspecified atom stereocenters. The summed E-state index contributed by atoms with van der Waals surface area (Å²) in [6.07, 6.45) is 4.48. The predicted octanol–water partition coefficient (Wildman–Crippen LogP) is 4.03. The second-order valence-corrected chi connectivity index (χ2v) is 10.1. The lowest BCUT2D eigenvalue weighted by molar-refractivity contribution is 0.0708. The van der Waals surface area contributed by atoms with Crippen LogP contribution in [0.3, 0.4) is 0 Å². The van der Waals surface area contributed by atoms with E-state index in [9.17, 15) is 4.79 Å². The highest BCUT2D eigenvalue weighted by molar-refractivity contribution is 6.06. The monoisotopic (exact) mass is 445 g/mol. The van der Waals surface area contributed by atoms with Crippen LogP contribution in [0, 0.1) is 5.41 Å². The Kier molecular flexibility index (Phi) is 4.27. The van der Waals surface area contributed by atoms with Crippen LogP contribution in [-0.4, -0.2) is 46.9 Å². The number of aromatic nitrogens is 6. The zero-order valence-corrected chi connectivity index (χ0v) is 19.3. The summed E-state index contributed by atoms with van der Waals surface area (Å²) in [6, 6.07) is 5.60. The van der Waals surface area contributed by atoms with Gasteiger partial charge in [-0.3, -0.25) is 4.79 Å². The van der Waals surface area contributed by atoms with Crippen LogP contribution < -0.4 is 0 Å². The fourth-order valence-electron chi connectivity index (χ4n) is 4.81. The van der Waals surface area contributed by atoms with E-state index in [1.807, 2.05) is 41.6 Å². The van der Waals surface area contributed by atoms with Crippen molar-refractivity contribution in [1.29, 1.82) is 0 Å². The second-order valence-electron chi connectivity index (χ2n) is 10.1. The van der Waals surface area contributed by atoms with Crippen LogP contribution in [0.5, 0.6) is 0 Å². The molecule has 0 spiro atoms. The fourth-order valence-corrected chi connectivity index (χ4v) is 4.81. The van der Waals surface area contributed by atoms with Crippen LogP contribution in [0.2, 0.25) is 0 Å². The van der Waals surface area contributed by atoms with Crippen molar-refractivity contribution in [1.82, 2.24) is 34.4 Å². The first-order valence-electron chi connectivity index (χ1n) is 11.5. The topological polar surface area (TPSA) is 94.9 Å². The highest BCUT2D eigenvalue weighted by atomic mass is 16.3. The Morgan fingerprint density at radius 3 is 2.76 bits per heavy atom. The molecule has 0 N–H and O–H groups in total. The lowest BCUT2D eigenvalue weighted by Crippen LogP contribution is -2.39. The Bertz CT molecular complexity index is 1360. The first kappa shape index (κ1) is 20.1. The maximum atomic E-state index is 13.8. The predicted molar refractivity (Wildman–Crippen MR) is 122 cm³/mol. The number of hydrogen-bond acceptors (Lipinski definition) is 6. The molecule has 0 radical (unpaired) electrons. The van der Waals surface area contributed by atoms with Crippen molar-refractivity contribution in [3.8, 4) is 11.5 Å². The first-order valence-corrected chi connectivity index (χ1v) is 11.5. The molecule has 1 aliphatic carbocycles. The van der Waals surface area contributed by atoms with Crippen LogP contribution in [0.4, 0.5) is 0 Å². The molecule has 1 atom stereocenters. The van der Waals surface area contributed by atoms with E-state index in [1.165, 1.54) is 0 Å². The smallest absolute Gasteiger partial charge is 0.255 e. The van der Waals surface area contributed by atoms with Gasteiger partial charge in [-0.1, -0.05) is 13.8 Å². The molecule has 1 amide bonds. The standard InChI is InChI=1S/C24H27N7O2/c1-14(2)31-21-16(12-25-31)15(10-18(26-21)19-6-5-9-33-19)23(32)29-7-8-30-20(13-29)27-28-22(30)17-11-24(17,3)4/h5-6,9-10,12,14,17H,7-8,11,13H2,1-4H3. The first-order chi connectivity index (χ1) is 15.8. The molecule has 33 heavy (non-hydrogen) atoms. The molecular weight excluding hydrogens is 418 g/mol. The Labute approximate surface area is 191 Å². The highest BCUT2D eigenvalue weighted by Crippen LogP contribution is 2.58. The van der Waals surface area contributed by atoms with Crippen molar-refractivity contribution >= 4 is 16.9 Å². The summed E-state index contributed by atoms with van der Waals surface area (Å²) in [5.41, 5.74) is 2.17. The number of nitrogens with zero attached hydrogens (tertiary/aromatic N) is 7. The van der Waals surface area contributed by atoms with Crippen LogP contribution in [0.15, 0.2) is 35.1 Å². The lowest BCUT2D eigenvalue weighted by atomic mass is 10.1. The third-order valence-corrected chi connectivity index (χ3v) is 6.95. The van der Waals surface area contributed by atoms with E-state index in [1.54, 1.807) is 12.5 Å². The fraction of sp³-hybridized carbons (Fsp3) is 0.458. The van der Waals surface area contributed by atoms with Crippen LogP contribution in [0.25, 0.3) is 22.5 Å². The lowest BCUT2D eigenvalue weighted by Gasteiger charge is -2.28. The molecule has 4 aromatic heterocycles. The van der Waals surface area contributed by atoms with Crippen LogP contribution in [-0.2, 0) is 13.1 Å². The van der Waals surface area contributed by atoms with Crippen LogP contribution in [0.1, 0.15) is 68.1 Å². The number of rotatable bonds is 4. The normalized spacial score (nSPS) is 19.3. The third-order valence-electron chi connectivity index (χ3n) is 6.95. The molecule has 0 saturated heterocycles. The van der Waals surface area contributed by atoms with Gasteiger partial charge in [0.05, 0.1) is 30.0 Å². The molecule has 0 bridgehead atoms. The molecule has 9 nitrogen and oxygen atoms in total. The Hall–Kier alpha value is -3.49. The van der Waals surface area contributed by atoms with E-state index in [4.69, 9.17) is 9.40 Å². The quantitative estimate of drug-likeness (QED) is 0.471. The van der Waals surface area contributed by atoms with Crippen molar-refractivity contribution in [3.05, 3.63) is 47.9 Å². The number of carbonyl (C=O) groups excluding carboxylic acids is 1. The Morgan fingerprint density at radius 2 is 2.06 bits per heavy atom. The van der Waals surface area contributed by atoms with Gasteiger partial charge in [-0.05, 0) is 43.9 Å². The molecule has 9 heteroatoms. The van der Waals surface area contributed by atoms with Crippen molar-refractivity contribution < 1.29 is 9.21 Å². The number of furan rings is 1. The third kappa shape index (κ3) is 3.17. The zero-order chi connectivity index (χ0) is 22.9. The molecule has 0 aromatic carbocycles. The van der Waals surface area contributed by atoms with E-state index in [2.05, 4.69) is 33.7 Å². The largest absolute Gasteiger partial charge is 0.463 e. The molecule has 1 fully saturated rings. The molecule has 6 rings (SSSR count). The van der Waals surface area contributed by atoms with Crippen molar-refractivity contribution in [2.45, 2.75) is 59.2 Å². The summed E-state index contributed by atoms with van der Waals surface area (Å²) in [5.74, 6) is 2.94. The van der Waals surface area contributed by atoms with Gasteiger partial charge in [0.25, 0.3) is 5.91 Å². The maximum absolute atomic E-state index is 13.8. The van der Waals surface area contributed by atoms with E-state index < -0.39 is 0 Å². The average molecular weight is 446 g/mol. The SMILES string of the molecule is CC(C)n1ncc2c(C(=O)N3CCn4c(nnc4C4CC4(C)C)C3)cc(-c3ccco3)nc21. The summed E-state index contributed by atoms with van der Waals surface area (Å²) in [5, 5.41) is 14.2. The molecular formula is C24H27N7O2. The van der Waals surface area contributed by atoms with Crippen molar-refractivity contribution in [2.75, 3.05) is 6.54 Å². The van der Waals surface area contributed by atoms with E-state index >= 15 is 0 Å². The van der Waals surface area contributed by atoms with E-state index in [-0.39, 0.29) is 17.4 Å². The minimum absolute atomic E-state index is 0.0546. The second kappa shape index (κ2) is 7.00. The highest BCUT2D eigenvalue weighted by Gasteiger charge is 2.50. The maximum Gasteiger partial charge on any atom is 0.255 e. The number of hydrogen-bond donors (Lipinski definition) is 0. The van der Waals surface area contributed by atoms with Crippen LogP contribution >= 0.6 is 0 Å². The van der Waals surface area contributed by atoms with Gasteiger partial charge in [0.2, 0.25) is 0 Å². The number of fused-ring (bicyclic) bond motifs is 2. The molecule has 1 saturated carbocycles. The number of carbonyl (C=O) groups is 1. The Morgan fingerprint density at radius 1 is 1.24 bits per heavy atom. The van der Waals surface area contributed by atoms with Crippen molar-refractivity contribution in [3.63, 3.8) is 0 Å². The van der Waals surface area contributed by atoms with Gasteiger partial charge in [0.1, 0.15) is 11.5 Å². The summed E-state index contributed by atoms with van der Waals surface area (Å²) >= 11 is 0. The van der Waals surface area contributed by atoms with E-state index in [0.29, 0.717) is 48.2 Å². The van der Waals surface area contributed by atoms with Gasteiger partial charge < -0.3 is 13.9 Å². The van der Waals surface area contributed by atoms with Gasteiger partial charge in [-0.2, -0.15) is 5.10 Å². The molecule has 2 aliphatic rings. The average Bonchev–Trinajstić information content (AvgIpc) is 3.31. The number of amides is 1. The molecule has 1 aliphatic heterocycles. The summed E-state index contributed by atoms with van der Waals surface area (Å²) in [7, 11) is 0. The summed E-state index contributed by atoms with van der Waals surface area (Å²) < 4.78 is 9.63. The van der Waals surface area contributed by atoms with Gasteiger partial charge in [-0.15, -0.1) is 10.2 Å². The Balaban J connectivity index is 1.37. The molecule has 5 heterocycles. The minimum atomic E-state index is -0.0546. The summed E-state index contributed by atoms with van der Waals surface area (Å²) in [6.45, 7) is 10.4. The van der Waals surface area contributed by atoms with Gasteiger partial charge >= 0.3 is 0 Å². The van der Waals surface area contributed by atoms with Gasteiger partial charge in [0, 0.05) is 25.0 Å². The summed E-state index contributed by atoms with van der Waals surface area (Å²) in [4.78, 5) is 20.4. The van der Waals surface area contributed by atoms with E-state index in [0.717, 1.165) is 23.5 Å². The molecule has 4 aromatic rings. The van der Waals surface area contributed by atoms with Gasteiger partial charge in [-0.25, -0.2) is 9.67 Å². The zero-order valence-electron chi connectivity index (χ0n) is 19.3. The van der Waals surface area contributed by atoms with Crippen molar-refractivity contribution in [2.24, 2.45) is 5.41 Å².